The summed E-state index contributed by atoms with van der Waals surface area (Å²) in [5.74, 6) is -0.286. The molecule has 0 aromatic heterocycles. The second kappa shape index (κ2) is 6.86. The molecule has 2 unspecified atom stereocenters. The summed E-state index contributed by atoms with van der Waals surface area (Å²) in [7, 11) is 3.06. The molecule has 0 saturated carbocycles. The smallest absolute Gasteiger partial charge is 0.309 e. The van der Waals surface area contributed by atoms with Crippen molar-refractivity contribution in [1.29, 1.82) is 0 Å². The Morgan fingerprint density at radius 2 is 1.92 bits per heavy atom. The Hall–Kier alpha value is -0.610. The van der Waals surface area contributed by atoms with Crippen LogP contribution in [-0.2, 0) is 14.3 Å². The SMILES string of the molecule is COC(=O)C(C)CNCC(C)OC. The molecule has 13 heavy (non-hydrogen) atoms. The fourth-order valence-corrected chi connectivity index (χ4v) is 0.871. The quantitative estimate of drug-likeness (QED) is 0.615. The number of carbonyl (C=O) groups excluding carboxylic acids is 1. The van der Waals surface area contributed by atoms with Gasteiger partial charge in [0.25, 0.3) is 0 Å². The van der Waals surface area contributed by atoms with Crippen molar-refractivity contribution in [3.05, 3.63) is 0 Å². The average Bonchev–Trinajstić information content (AvgIpc) is 2.15. The highest BCUT2D eigenvalue weighted by Gasteiger charge is 2.12. The molecule has 0 heterocycles. The molecule has 2 atom stereocenters. The van der Waals surface area contributed by atoms with Gasteiger partial charge >= 0.3 is 5.97 Å². The van der Waals surface area contributed by atoms with Crippen LogP contribution >= 0.6 is 0 Å². The molecule has 1 N–H and O–H groups in total. The minimum Gasteiger partial charge on any atom is -0.469 e. The van der Waals surface area contributed by atoms with Crippen LogP contribution in [0.5, 0.6) is 0 Å². The van der Waals surface area contributed by atoms with Crippen molar-refractivity contribution in [3.63, 3.8) is 0 Å². The summed E-state index contributed by atoms with van der Waals surface area (Å²) >= 11 is 0. The number of nitrogens with one attached hydrogen (secondary N) is 1. The second-order valence-electron chi connectivity index (χ2n) is 3.13. The van der Waals surface area contributed by atoms with Crippen LogP contribution in [-0.4, -0.2) is 39.4 Å². The molecule has 0 aliphatic heterocycles. The van der Waals surface area contributed by atoms with Crippen LogP contribution in [0.25, 0.3) is 0 Å². The molecule has 0 bridgehead atoms. The van der Waals surface area contributed by atoms with E-state index < -0.39 is 0 Å². The van der Waals surface area contributed by atoms with E-state index in [4.69, 9.17) is 4.74 Å². The summed E-state index contributed by atoms with van der Waals surface area (Å²) in [6, 6.07) is 0. The molecule has 0 amide bonds. The number of hydrogen-bond donors (Lipinski definition) is 1. The van der Waals surface area contributed by atoms with Crippen molar-refractivity contribution < 1.29 is 14.3 Å². The van der Waals surface area contributed by atoms with Crippen molar-refractivity contribution in [2.75, 3.05) is 27.3 Å². The Bertz CT molecular complexity index is 150. The predicted octanol–water partition coefficient (Wildman–Crippen LogP) is 0.420. The van der Waals surface area contributed by atoms with Crippen LogP contribution in [0.3, 0.4) is 0 Å². The van der Waals surface area contributed by atoms with Crippen LogP contribution in [0.15, 0.2) is 0 Å². The first-order valence-electron chi connectivity index (χ1n) is 4.43. The fraction of sp³-hybridized carbons (Fsp3) is 0.889. The molecule has 0 aliphatic rings. The fourth-order valence-electron chi connectivity index (χ4n) is 0.871. The molecular weight excluding hydrogens is 170 g/mol. The van der Waals surface area contributed by atoms with E-state index in [0.29, 0.717) is 6.54 Å². The maximum Gasteiger partial charge on any atom is 0.309 e. The molecule has 0 radical (unpaired) electrons. The van der Waals surface area contributed by atoms with E-state index in [1.165, 1.54) is 7.11 Å². The van der Waals surface area contributed by atoms with Gasteiger partial charge in [-0.2, -0.15) is 0 Å². The highest BCUT2D eigenvalue weighted by molar-refractivity contribution is 5.71. The number of hydrogen-bond acceptors (Lipinski definition) is 4. The average molecular weight is 189 g/mol. The van der Waals surface area contributed by atoms with E-state index in [1.54, 1.807) is 7.11 Å². The lowest BCUT2D eigenvalue weighted by Crippen LogP contribution is -2.32. The predicted molar refractivity (Wildman–Crippen MR) is 50.5 cm³/mol. The second-order valence-corrected chi connectivity index (χ2v) is 3.13. The molecule has 4 heteroatoms. The number of carbonyl (C=O) groups is 1. The maximum atomic E-state index is 11.0. The molecule has 4 nitrogen and oxygen atoms in total. The summed E-state index contributed by atoms with van der Waals surface area (Å²) < 4.78 is 9.63. The van der Waals surface area contributed by atoms with E-state index >= 15 is 0 Å². The minimum atomic E-state index is -0.183. The standard InChI is InChI=1S/C9H19NO3/c1-7(9(11)13-4)5-10-6-8(2)12-3/h7-8,10H,5-6H2,1-4H3. The van der Waals surface area contributed by atoms with Crippen LogP contribution < -0.4 is 5.32 Å². The maximum absolute atomic E-state index is 11.0. The van der Waals surface area contributed by atoms with Gasteiger partial charge in [-0.25, -0.2) is 0 Å². The number of ether oxygens (including phenoxy) is 2. The van der Waals surface area contributed by atoms with E-state index in [0.717, 1.165) is 6.54 Å². The lowest BCUT2D eigenvalue weighted by molar-refractivity contribution is -0.144. The highest BCUT2D eigenvalue weighted by atomic mass is 16.5. The van der Waals surface area contributed by atoms with Gasteiger partial charge in [0.2, 0.25) is 0 Å². The van der Waals surface area contributed by atoms with Gasteiger partial charge in [-0.05, 0) is 6.92 Å². The van der Waals surface area contributed by atoms with Crippen LogP contribution in [0.2, 0.25) is 0 Å². The third-order valence-electron chi connectivity index (χ3n) is 1.89. The van der Waals surface area contributed by atoms with Crippen LogP contribution in [0.1, 0.15) is 13.8 Å². The molecule has 0 spiro atoms. The zero-order valence-electron chi connectivity index (χ0n) is 8.79. The first kappa shape index (κ1) is 12.4. The lowest BCUT2D eigenvalue weighted by Gasteiger charge is -2.13. The monoisotopic (exact) mass is 189 g/mol. The van der Waals surface area contributed by atoms with E-state index in [-0.39, 0.29) is 18.0 Å². The topological polar surface area (TPSA) is 47.6 Å². The molecule has 0 fully saturated rings. The lowest BCUT2D eigenvalue weighted by atomic mass is 10.2. The first-order valence-corrected chi connectivity index (χ1v) is 4.43. The zero-order chi connectivity index (χ0) is 10.3. The third kappa shape index (κ3) is 5.60. The van der Waals surface area contributed by atoms with Crippen LogP contribution in [0.4, 0.5) is 0 Å². The zero-order valence-corrected chi connectivity index (χ0v) is 8.79. The minimum absolute atomic E-state index is 0.103. The number of esters is 1. The Labute approximate surface area is 79.6 Å². The van der Waals surface area contributed by atoms with Crippen molar-refractivity contribution in [2.45, 2.75) is 20.0 Å². The Morgan fingerprint density at radius 1 is 1.31 bits per heavy atom. The number of rotatable bonds is 6. The van der Waals surface area contributed by atoms with Gasteiger partial charge in [0.1, 0.15) is 0 Å². The molecule has 0 aromatic carbocycles. The Kier molecular flexibility index (Phi) is 6.54. The summed E-state index contributed by atoms with van der Waals surface area (Å²) in [6.07, 6.45) is 0.171. The normalized spacial score (nSPS) is 15.1. The summed E-state index contributed by atoms with van der Waals surface area (Å²) in [4.78, 5) is 11.0. The highest BCUT2D eigenvalue weighted by Crippen LogP contribution is 1.95. The van der Waals surface area contributed by atoms with Crippen molar-refractivity contribution in [2.24, 2.45) is 5.92 Å². The largest absolute Gasteiger partial charge is 0.469 e. The van der Waals surface area contributed by atoms with Gasteiger partial charge < -0.3 is 14.8 Å². The molecule has 78 valence electrons. The van der Waals surface area contributed by atoms with Crippen molar-refractivity contribution in [3.8, 4) is 0 Å². The van der Waals surface area contributed by atoms with E-state index in [1.807, 2.05) is 13.8 Å². The van der Waals surface area contributed by atoms with Crippen molar-refractivity contribution >= 4 is 5.97 Å². The third-order valence-corrected chi connectivity index (χ3v) is 1.89. The summed E-state index contributed by atoms with van der Waals surface area (Å²) in [5.41, 5.74) is 0. The molecule has 0 aromatic rings. The summed E-state index contributed by atoms with van der Waals surface area (Å²) in [6.45, 7) is 5.17. The molecule has 0 saturated heterocycles. The van der Waals surface area contributed by atoms with Gasteiger partial charge in [-0.1, -0.05) is 6.92 Å². The molecular formula is C9H19NO3. The van der Waals surface area contributed by atoms with Crippen molar-refractivity contribution in [1.82, 2.24) is 5.32 Å². The Morgan fingerprint density at radius 3 is 2.38 bits per heavy atom. The van der Waals surface area contributed by atoms with Gasteiger partial charge in [0, 0.05) is 20.2 Å². The molecule has 0 rings (SSSR count). The first-order chi connectivity index (χ1) is 6.11. The van der Waals surface area contributed by atoms with E-state index in [2.05, 4.69) is 10.1 Å². The van der Waals surface area contributed by atoms with Crippen LogP contribution in [0, 0.1) is 5.92 Å². The van der Waals surface area contributed by atoms with E-state index in [9.17, 15) is 4.79 Å². The van der Waals surface area contributed by atoms with Gasteiger partial charge in [0.05, 0.1) is 19.1 Å². The van der Waals surface area contributed by atoms with Gasteiger partial charge in [0.15, 0.2) is 0 Å². The number of methoxy groups -OCH3 is 2. The summed E-state index contributed by atoms with van der Waals surface area (Å²) in [5, 5.41) is 3.13. The molecule has 0 aliphatic carbocycles. The Balaban J connectivity index is 3.47. The van der Waals surface area contributed by atoms with Gasteiger partial charge in [-0.3, -0.25) is 4.79 Å². The van der Waals surface area contributed by atoms with Gasteiger partial charge in [-0.15, -0.1) is 0 Å².